The molecule has 150 valence electrons. The fourth-order valence-corrected chi connectivity index (χ4v) is 4.24. The summed E-state index contributed by atoms with van der Waals surface area (Å²) in [5, 5.41) is 17.2. The van der Waals surface area contributed by atoms with Gasteiger partial charge in [-0.3, -0.25) is 0 Å². The van der Waals surface area contributed by atoms with Crippen molar-refractivity contribution in [3.8, 4) is 11.3 Å². The van der Waals surface area contributed by atoms with Gasteiger partial charge >= 0.3 is 0 Å². The molecule has 3 aromatic carbocycles. The quantitative estimate of drug-likeness (QED) is 0.264. The van der Waals surface area contributed by atoms with Gasteiger partial charge < -0.3 is 0 Å². The number of nitrogens with zero attached hydrogens (tertiary/aromatic N) is 6. The summed E-state index contributed by atoms with van der Waals surface area (Å²) in [4.78, 5) is 9.57. The van der Waals surface area contributed by atoms with Gasteiger partial charge in [-0.05, 0) is 16.0 Å². The number of thioether (sulfide) groups is 1. The zero-order valence-corrected chi connectivity index (χ0v) is 17.4. The van der Waals surface area contributed by atoms with Crippen molar-refractivity contribution in [1.82, 2.24) is 9.97 Å². The minimum absolute atomic E-state index is 0.696. The highest BCUT2D eigenvalue weighted by Gasteiger charge is 2.41. The summed E-state index contributed by atoms with van der Waals surface area (Å²) in [6, 6.07) is 30.1. The number of rotatable bonds is 6. The van der Waals surface area contributed by atoms with Crippen LogP contribution in [0.2, 0.25) is 0 Å². The maximum Gasteiger partial charge on any atom is 0.248 e. The Kier molecular flexibility index (Phi) is 5.33. The van der Waals surface area contributed by atoms with Crippen molar-refractivity contribution in [2.45, 2.75) is 16.6 Å². The Morgan fingerprint density at radius 1 is 0.710 bits per heavy atom. The first-order valence-electron chi connectivity index (χ1n) is 9.84. The Labute approximate surface area is 184 Å². The lowest BCUT2D eigenvalue weighted by Crippen LogP contribution is -2.22. The maximum atomic E-state index is 4.92. The highest BCUT2D eigenvalue weighted by molar-refractivity contribution is 7.98. The molecule has 6 nitrogen and oxygen atoms in total. The van der Waals surface area contributed by atoms with Crippen molar-refractivity contribution in [3.05, 3.63) is 114 Å². The van der Waals surface area contributed by atoms with Crippen LogP contribution < -0.4 is 0 Å². The van der Waals surface area contributed by atoms with E-state index in [-0.39, 0.29) is 0 Å². The fraction of sp³-hybridized carbons (Fsp3) is 0.0833. The Morgan fingerprint density at radius 2 is 1.32 bits per heavy atom. The molecule has 0 fully saturated rings. The van der Waals surface area contributed by atoms with Crippen LogP contribution in [0.15, 0.2) is 123 Å². The third-order valence-corrected chi connectivity index (χ3v) is 5.93. The summed E-state index contributed by atoms with van der Waals surface area (Å²) in [6.45, 7) is 0. The van der Waals surface area contributed by atoms with Gasteiger partial charge in [0.2, 0.25) is 5.66 Å². The maximum absolute atomic E-state index is 4.92. The SMILES string of the molecule is c1ccc(CSc2ncc(C3(c4ccccc4)N=NN=N3)c(-c3ccccc3)n2)cc1. The van der Waals surface area contributed by atoms with Gasteiger partial charge in [-0.2, -0.15) is 0 Å². The monoisotopic (exact) mass is 422 g/mol. The summed E-state index contributed by atoms with van der Waals surface area (Å²) in [7, 11) is 0. The smallest absolute Gasteiger partial charge is 0.231 e. The standard InChI is InChI=1S/C24H18N6S/c1-4-10-18(11-5-1)17-31-23-25-16-21(22(26-23)19-12-6-2-7-13-19)24(27-29-30-28-24)20-14-8-3-9-15-20/h1-16H,17H2. The average molecular weight is 423 g/mol. The van der Waals surface area contributed by atoms with Crippen molar-refractivity contribution in [2.24, 2.45) is 20.7 Å². The van der Waals surface area contributed by atoms with Crippen molar-refractivity contribution >= 4 is 11.8 Å². The first-order valence-corrected chi connectivity index (χ1v) is 10.8. The lowest BCUT2D eigenvalue weighted by molar-refractivity contribution is 0.559. The molecule has 0 saturated carbocycles. The van der Waals surface area contributed by atoms with Crippen LogP contribution in [-0.2, 0) is 11.4 Å². The number of benzene rings is 3. The van der Waals surface area contributed by atoms with Crippen molar-refractivity contribution in [3.63, 3.8) is 0 Å². The van der Waals surface area contributed by atoms with Crippen LogP contribution >= 0.6 is 11.8 Å². The molecule has 0 radical (unpaired) electrons. The summed E-state index contributed by atoms with van der Waals surface area (Å²) in [6.07, 6.45) is 1.80. The Morgan fingerprint density at radius 3 is 2.00 bits per heavy atom. The van der Waals surface area contributed by atoms with Gasteiger partial charge in [0.1, 0.15) is 0 Å². The molecule has 0 spiro atoms. The van der Waals surface area contributed by atoms with Gasteiger partial charge in [-0.15, -0.1) is 10.2 Å². The summed E-state index contributed by atoms with van der Waals surface area (Å²) < 4.78 is 0. The molecule has 1 aromatic heterocycles. The minimum Gasteiger partial charge on any atom is -0.231 e. The molecular weight excluding hydrogens is 404 g/mol. The van der Waals surface area contributed by atoms with Gasteiger partial charge in [-0.1, -0.05) is 103 Å². The van der Waals surface area contributed by atoms with E-state index in [1.807, 2.05) is 78.9 Å². The zero-order valence-electron chi connectivity index (χ0n) is 16.5. The largest absolute Gasteiger partial charge is 0.248 e. The van der Waals surface area contributed by atoms with Crippen LogP contribution in [0.3, 0.4) is 0 Å². The minimum atomic E-state index is -1.09. The van der Waals surface area contributed by atoms with E-state index in [4.69, 9.17) is 4.98 Å². The van der Waals surface area contributed by atoms with Crippen molar-refractivity contribution < 1.29 is 0 Å². The molecule has 2 heterocycles. The van der Waals surface area contributed by atoms with Crippen molar-refractivity contribution in [2.75, 3.05) is 0 Å². The topological polar surface area (TPSA) is 75.2 Å². The molecule has 1 aliphatic rings. The van der Waals surface area contributed by atoms with Crippen LogP contribution in [0.5, 0.6) is 0 Å². The van der Waals surface area contributed by atoms with E-state index >= 15 is 0 Å². The summed E-state index contributed by atoms with van der Waals surface area (Å²) in [5.74, 6) is 0.789. The van der Waals surface area contributed by atoms with Crippen LogP contribution in [0.4, 0.5) is 0 Å². The molecule has 1 aliphatic heterocycles. The van der Waals surface area contributed by atoms with E-state index in [1.165, 1.54) is 5.56 Å². The number of hydrogen-bond donors (Lipinski definition) is 0. The molecule has 0 atom stereocenters. The van der Waals surface area contributed by atoms with E-state index in [1.54, 1.807) is 18.0 Å². The molecule has 7 heteroatoms. The van der Waals surface area contributed by atoms with E-state index < -0.39 is 5.66 Å². The van der Waals surface area contributed by atoms with Crippen LogP contribution in [0.1, 0.15) is 16.7 Å². The van der Waals surface area contributed by atoms with Crippen LogP contribution in [0, 0.1) is 0 Å². The van der Waals surface area contributed by atoms with Gasteiger partial charge in [0.25, 0.3) is 0 Å². The molecule has 0 aliphatic carbocycles. The second-order valence-corrected chi connectivity index (χ2v) is 7.91. The predicted octanol–water partition coefficient (Wildman–Crippen LogP) is 6.47. The van der Waals surface area contributed by atoms with Crippen molar-refractivity contribution in [1.29, 1.82) is 0 Å². The second-order valence-electron chi connectivity index (χ2n) is 6.97. The normalized spacial score (nSPS) is 14.1. The third kappa shape index (κ3) is 3.87. The van der Waals surface area contributed by atoms with Gasteiger partial charge in [0.15, 0.2) is 5.16 Å². The summed E-state index contributed by atoms with van der Waals surface area (Å²) >= 11 is 1.60. The second kappa shape index (κ2) is 8.57. The molecule has 5 rings (SSSR count). The van der Waals surface area contributed by atoms with E-state index in [2.05, 4.69) is 37.8 Å². The molecule has 4 aromatic rings. The van der Waals surface area contributed by atoms with E-state index in [0.717, 1.165) is 28.1 Å². The molecule has 0 unspecified atom stereocenters. The Bertz CT molecular complexity index is 1210. The summed E-state index contributed by atoms with van der Waals surface area (Å²) in [5.41, 5.74) is 3.49. The molecule has 0 N–H and O–H groups in total. The van der Waals surface area contributed by atoms with Gasteiger partial charge in [0.05, 0.1) is 11.3 Å². The fourth-order valence-electron chi connectivity index (χ4n) is 3.47. The molecular formula is C24H18N6S. The van der Waals surface area contributed by atoms with Crippen LogP contribution in [-0.4, -0.2) is 9.97 Å². The highest BCUT2D eigenvalue weighted by atomic mass is 32.2. The molecule has 31 heavy (non-hydrogen) atoms. The third-order valence-electron chi connectivity index (χ3n) is 5.00. The van der Waals surface area contributed by atoms with E-state index in [9.17, 15) is 0 Å². The highest BCUT2D eigenvalue weighted by Crippen LogP contribution is 2.43. The lowest BCUT2D eigenvalue weighted by atomic mass is 9.90. The first-order chi connectivity index (χ1) is 15.4. The number of hydrogen-bond acceptors (Lipinski definition) is 7. The zero-order chi connectivity index (χ0) is 20.9. The molecule has 0 saturated heterocycles. The number of aromatic nitrogens is 2. The molecule has 0 bridgehead atoms. The Hall–Kier alpha value is -3.71. The van der Waals surface area contributed by atoms with Gasteiger partial charge in [0, 0.05) is 23.1 Å². The Balaban J connectivity index is 1.60. The lowest BCUT2D eigenvalue weighted by Gasteiger charge is -2.23. The van der Waals surface area contributed by atoms with Gasteiger partial charge in [-0.25, -0.2) is 9.97 Å². The molecule has 0 amide bonds. The first kappa shape index (κ1) is 19.3. The predicted molar refractivity (Wildman–Crippen MR) is 120 cm³/mol. The van der Waals surface area contributed by atoms with Crippen LogP contribution in [0.25, 0.3) is 11.3 Å². The average Bonchev–Trinajstić information content (AvgIpc) is 3.35. The van der Waals surface area contributed by atoms with E-state index in [0.29, 0.717) is 5.16 Å².